The van der Waals surface area contributed by atoms with Crippen molar-refractivity contribution in [2.75, 3.05) is 7.11 Å². The summed E-state index contributed by atoms with van der Waals surface area (Å²) < 4.78 is 4.64. The van der Waals surface area contributed by atoms with E-state index in [2.05, 4.69) is 15.0 Å². The highest BCUT2D eigenvalue weighted by molar-refractivity contribution is 6.19. The topological polar surface area (TPSA) is 111 Å². The van der Waals surface area contributed by atoms with Gasteiger partial charge in [-0.2, -0.15) is 0 Å². The molecule has 0 fully saturated rings. The van der Waals surface area contributed by atoms with Crippen LogP contribution in [0.1, 0.15) is 36.7 Å². The summed E-state index contributed by atoms with van der Waals surface area (Å²) in [4.78, 5) is 39.1. The van der Waals surface area contributed by atoms with Gasteiger partial charge in [-0.15, -0.1) is 0 Å². The number of benzene rings is 1. The molecule has 1 atom stereocenters. The number of esters is 1. The van der Waals surface area contributed by atoms with Crippen molar-refractivity contribution in [1.29, 1.82) is 0 Å². The van der Waals surface area contributed by atoms with Gasteiger partial charge in [-0.3, -0.25) is 19.9 Å². The van der Waals surface area contributed by atoms with E-state index in [9.17, 15) is 19.7 Å². The summed E-state index contributed by atoms with van der Waals surface area (Å²) in [6, 6.07) is 4.12. The number of ether oxygens (including phenoxy) is 1. The monoisotopic (exact) mass is 319 g/mol. The molecule has 0 aromatic heterocycles. The second-order valence-corrected chi connectivity index (χ2v) is 5.67. The maximum Gasteiger partial charge on any atom is 0.345 e. The highest BCUT2D eigenvalue weighted by atomic mass is 16.6. The van der Waals surface area contributed by atoms with E-state index >= 15 is 0 Å². The number of rotatable bonds is 4. The third kappa shape index (κ3) is 2.67. The van der Waals surface area contributed by atoms with E-state index in [0.717, 1.165) is 7.11 Å². The first-order valence-corrected chi connectivity index (χ1v) is 6.99. The van der Waals surface area contributed by atoms with Crippen molar-refractivity contribution >= 4 is 23.4 Å². The zero-order valence-corrected chi connectivity index (χ0v) is 13.2. The number of nitrogens with zero attached hydrogens (tertiary/aromatic N) is 2. The van der Waals surface area contributed by atoms with Gasteiger partial charge in [-0.05, 0) is 18.9 Å². The number of nitro groups is 1. The lowest BCUT2D eigenvalue weighted by Crippen LogP contribution is -2.41. The summed E-state index contributed by atoms with van der Waals surface area (Å²) in [6.45, 7) is 5.37. The van der Waals surface area contributed by atoms with Crippen molar-refractivity contribution in [3.05, 3.63) is 39.4 Å². The van der Waals surface area contributed by atoms with Crippen LogP contribution in [0.2, 0.25) is 0 Å². The second-order valence-electron chi connectivity index (χ2n) is 5.67. The normalized spacial score (nSPS) is 20.2. The highest BCUT2D eigenvalue weighted by Crippen LogP contribution is 2.30. The number of nitro benzene ring substituents is 1. The van der Waals surface area contributed by atoms with Crippen LogP contribution in [-0.4, -0.2) is 35.3 Å². The fourth-order valence-corrected chi connectivity index (χ4v) is 2.27. The minimum Gasteiger partial charge on any atom is -0.465 e. The van der Waals surface area contributed by atoms with Crippen LogP contribution in [0, 0.1) is 16.0 Å². The van der Waals surface area contributed by atoms with Crippen molar-refractivity contribution < 1.29 is 19.2 Å². The van der Waals surface area contributed by atoms with Crippen molar-refractivity contribution in [1.82, 2.24) is 5.32 Å². The molecule has 0 saturated carbocycles. The molecule has 8 heteroatoms. The van der Waals surface area contributed by atoms with Gasteiger partial charge in [0, 0.05) is 11.6 Å². The lowest BCUT2D eigenvalue weighted by Gasteiger charge is -2.21. The molecular formula is C15H17N3O5. The van der Waals surface area contributed by atoms with Crippen molar-refractivity contribution in [3.8, 4) is 0 Å². The third-order valence-electron chi connectivity index (χ3n) is 4.04. The first-order valence-electron chi connectivity index (χ1n) is 6.99. The molecule has 0 spiro atoms. The molecule has 1 heterocycles. The van der Waals surface area contributed by atoms with Crippen LogP contribution in [0.4, 0.5) is 5.69 Å². The molecule has 1 amide bonds. The predicted octanol–water partition coefficient (Wildman–Crippen LogP) is 1.67. The van der Waals surface area contributed by atoms with Crippen molar-refractivity contribution in [2.24, 2.45) is 10.9 Å². The molecule has 122 valence electrons. The van der Waals surface area contributed by atoms with E-state index in [1.807, 2.05) is 13.8 Å². The summed E-state index contributed by atoms with van der Waals surface area (Å²) in [7, 11) is 1.14. The number of carbonyl (C=O) groups is 2. The van der Waals surface area contributed by atoms with E-state index in [0.29, 0.717) is 0 Å². The van der Waals surface area contributed by atoms with Gasteiger partial charge in [-0.1, -0.05) is 19.9 Å². The molecule has 1 aromatic rings. The quantitative estimate of drug-likeness (QED) is 0.515. The third-order valence-corrected chi connectivity index (χ3v) is 4.04. The van der Waals surface area contributed by atoms with Crippen molar-refractivity contribution in [2.45, 2.75) is 26.3 Å². The molecule has 0 radical (unpaired) electrons. The van der Waals surface area contributed by atoms with E-state index < -0.39 is 22.1 Å². The summed E-state index contributed by atoms with van der Waals surface area (Å²) in [5.74, 6) is -1.12. The number of amidine groups is 1. The van der Waals surface area contributed by atoms with Gasteiger partial charge < -0.3 is 10.1 Å². The standard InChI is InChI=1S/C15H17N3O5/c1-8(2)15(3)14(20)16-12(17-15)9-6-5-7-10(18(21)22)11(9)13(19)23-4/h5-8H,1-4H3,(H,16,17,20). The number of carbonyl (C=O) groups excluding carboxylic acids is 2. The molecule has 1 aliphatic rings. The Balaban J connectivity index is 2.66. The Morgan fingerprint density at radius 1 is 1.43 bits per heavy atom. The van der Waals surface area contributed by atoms with E-state index in [1.165, 1.54) is 18.2 Å². The molecule has 0 bridgehead atoms. The smallest absolute Gasteiger partial charge is 0.345 e. The molecule has 1 aliphatic heterocycles. The van der Waals surface area contributed by atoms with Gasteiger partial charge in [0.25, 0.3) is 11.6 Å². The van der Waals surface area contributed by atoms with Gasteiger partial charge in [-0.25, -0.2) is 4.79 Å². The average molecular weight is 319 g/mol. The van der Waals surface area contributed by atoms with Crippen LogP contribution >= 0.6 is 0 Å². The lowest BCUT2D eigenvalue weighted by molar-refractivity contribution is -0.385. The minimum atomic E-state index is -0.993. The SMILES string of the molecule is COC(=O)c1c(C2=NC(C)(C(C)C)C(=O)N2)cccc1[N+](=O)[O-]. The largest absolute Gasteiger partial charge is 0.465 e. The molecular weight excluding hydrogens is 302 g/mol. The van der Waals surface area contributed by atoms with E-state index in [4.69, 9.17) is 0 Å². The van der Waals surface area contributed by atoms with E-state index in [-0.39, 0.29) is 28.8 Å². The summed E-state index contributed by atoms with van der Waals surface area (Å²) in [5.41, 5.74) is -1.45. The van der Waals surface area contributed by atoms with Crippen LogP contribution in [0.3, 0.4) is 0 Å². The Morgan fingerprint density at radius 2 is 2.09 bits per heavy atom. The van der Waals surface area contributed by atoms with Gasteiger partial charge in [0.1, 0.15) is 16.9 Å². The Kier molecular flexibility index (Phi) is 4.18. The predicted molar refractivity (Wildman–Crippen MR) is 82.4 cm³/mol. The summed E-state index contributed by atoms with van der Waals surface area (Å²) in [5, 5.41) is 13.8. The molecule has 1 unspecified atom stereocenters. The number of amides is 1. The highest BCUT2D eigenvalue weighted by Gasteiger charge is 2.43. The van der Waals surface area contributed by atoms with Crippen LogP contribution in [-0.2, 0) is 9.53 Å². The first-order chi connectivity index (χ1) is 10.7. The number of nitrogens with one attached hydrogen (secondary N) is 1. The minimum absolute atomic E-state index is 0.0831. The number of aliphatic imine (C=N–C) groups is 1. The molecule has 2 rings (SSSR count). The maximum absolute atomic E-state index is 12.2. The number of hydrogen-bond donors (Lipinski definition) is 1. The van der Waals surface area contributed by atoms with Gasteiger partial charge in [0.05, 0.1) is 12.0 Å². The molecule has 0 aliphatic carbocycles. The zero-order valence-electron chi connectivity index (χ0n) is 13.2. The second kappa shape index (κ2) is 5.79. The van der Waals surface area contributed by atoms with Gasteiger partial charge >= 0.3 is 5.97 Å². The van der Waals surface area contributed by atoms with Crippen molar-refractivity contribution in [3.63, 3.8) is 0 Å². The summed E-state index contributed by atoms with van der Waals surface area (Å²) >= 11 is 0. The molecule has 1 aromatic carbocycles. The van der Waals surface area contributed by atoms with Crippen LogP contribution in [0.5, 0.6) is 0 Å². The van der Waals surface area contributed by atoms with E-state index in [1.54, 1.807) is 6.92 Å². The average Bonchev–Trinajstić information content (AvgIpc) is 2.82. The Labute approximate surface area is 132 Å². The van der Waals surface area contributed by atoms with Crippen LogP contribution in [0.15, 0.2) is 23.2 Å². The molecule has 1 N–H and O–H groups in total. The fraction of sp³-hybridized carbons (Fsp3) is 0.400. The van der Waals surface area contributed by atoms with Gasteiger partial charge in [0.2, 0.25) is 0 Å². The Bertz CT molecular complexity index is 726. The fourth-order valence-electron chi connectivity index (χ4n) is 2.27. The molecule has 0 saturated heterocycles. The zero-order chi connectivity index (χ0) is 17.4. The Morgan fingerprint density at radius 3 is 2.57 bits per heavy atom. The first kappa shape index (κ1) is 16.6. The Hall–Kier alpha value is -2.77. The summed E-state index contributed by atoms with van der Waals surface area (Å²) in [6.07, 6.45) is 0. The molecule has 8 nitrogen and oxygen atoms in total. The molecule has 23 heavy (non-hydrogen) atoms. The number of methoxy groups -OCH3 is 1. The van der Waals surface area contributed by atoms with Crippen LogP contribution < -0.4 is 5.32 Å². The van der Waals surface area contributed by atoms with Crippen LogP contribution in [0.25, 0.3) is 0 Å². The maximum atomic E-state index is 12.2. The lowest BCUT2D eigenvalue weighted by atomic mass is 9.89. The van der Waals surface area contributed by atoms with Gasteiger partial charge in [0.15, 0.2) is 0 Å². The number of hydrogen-bond acceptors (Lipinski definition) is 6.